The Morgan fingerprint density at radius 1 is 1.33 bits per heavy atom. The number of aliphatic hydroxyl groups is 1. The molecule has 0 aromatic heterocycles. The lowest BCUT2D eigenvalue weighted by Gasteiger charge is -2.18. The number of hydrogen-bond acceptors (Lipinski definition) is 4. The van der Waals surface area contributed by atoms with Crippen LogP contribution in [0.3, 0.4) is 0 Å². The fourth-order valence-corrected chi connectivity index (χ4v) is 1.12. The highest BCUT2D eigenvalue weighted by Crippen LogP contribution is 2.17. The molecule has 1 aromatic rings. The SMILES string of the molecule is CC(=O)Nc1ccc(OCC(C)(O)C(=O)O)cc1. The number of carboxylic acid groups (broad SMARTS) is 1. The van der Waals surface area contributed by atoms with Crippen LogP contribution in [0.1, 0.15) is 13.8 Å². The molecule has 0 aliphatic carbocycles. The minimum Gasteiger partial charge on any atom is -0.490 e. The summed E-state index contributed by atoms with van der Waals surface area (Å²) in [5.41, 5.74) is -1.32. The van der Waals surface area contributed by atoms with E-state index in [4.69, 9.17) is 9.84 Å². The average molecular weight is 253 g/mol. The molecule has 18 heavy (non-hydrogen) atoms. The normalized spacial score (nSPS) is 13.5. The van der Waals surface area contributed by atoms with Crippen LogP contribution in [0.25, 0.3) is 0 Å². The largest absolute Gasteiger partial charge is 0.490 e. The van der Waals surface area contributed by atoms with Gasteiger partial charge in [0.15, 0.2) is 5.60 Å². The van der Waals surface area contributed by atoms with Gasteiger partial charge in [0.25, 0.3) is 0 Å². The highest BCUT2D eigenvalue weighted by atomic mass is 16.5. The second-order valence-corrected chi connectivity index (χ2v) is 4.07. The number of ether oxygens (including phenoxy) is 1. The molecule has 6 heteroatoms. The highest BCUT2D eigenvalue weighted by Gasteiger charge is 2.30. The van der Waals surface area contributed by atoms with Gasteiger partial charge in [-0.05, 0) is 31.2 Å². The Morgan fingerprint density at radius 2 is 1.89 bits per heavy atom. The van der Waals surface area contributed by atoms with Crippen LogP contribution in [0.4, 0.5) is 5.69 Å². The summed E-state index contributed by atoms with van der Waals surface area (Å²) in [4.78, 5) is 21.4. The highest BCUT2D eigenvalue weighted by molar-refractivity contribution is 5.88. The van der Waals surface area contributed by atoms with Gasteiger partial charge in [0, 0.05) is 12.6 Å². The smallest absolute Gasteiger partial charge is 0.339 e. The summed E-state index contributed by atoms with van der Waals surface area (Å²) < 4.78 is 5.15. The number of carboxylic acids is 1. The Hall–Kier alpha value is -2.08. The van der Waals surface area contributed by atoms with Crippen LogP contribution in [-0.4, -0.2) is 34.3 Å². The van der Waals surface area contributed by atoms with Crippen molar-refractivity contribution in [1.29, 1.82) is 0 Å². The summed E-state index contributed by atoms with van der Waals surface area (Å²) in [6.45, 7) is 2.19. The number of nitrogens with one attached hydrogen (secondary N) is 1. The van der Waals surface area contributed by atoms with Crippen molar-refractivity contribution in [3.63, 3.8) is 0 Å². The van der Waals surface area contributed by atoms with Crippen LogP contribution in [-0.2, 0) is 9.59 Å². The lowest BCUT2D eigenvalue weighted by atomic mass is 10.1. The van der Waals surface area contributed by atoms with Crippen LogP contribution in [0, 0.1) is 0 Å². The molecule has 0 spiro atoms. The Kier molecular flexibility index (Phi) is 4.28. The van der Waals surface area contributed by atoms with E-state index in [0.717, 1.165) is 6.92 Å². The summed E-state index contributed by atoms with van der Waals surface area (Å²) >= 11 is 0. The van der Waals surface area contributed by atoms with Crippen LogP contribution < -0.4 is 10.1 Å². The van der Waals surface area contributed by atoms with E-state index in [-0.39, 0.29) is 12.5 Å². The van der Waals surface area contributed by atoms with Gasteiger partial charge >= 0.3 is 5.97 Å². The van der Waals surface area contributed by atoms with E-state index in [9.17, 15) is 14.7 Å². The van der Waals surface area contributed by atoms with E-state index >= 15 is 0 Å². The maximum Gasteiger partial charge on any atom is 0.339 e. The number of aliphatic carboxylic acids is 1. The molecule has 1 atom stereocenters. The number of amides is 1. The van der Waals surface area contributed by atoms with Gasteiger partial charge in [0.05, 0.1) is 0 Å². The first-order valence-corrected chi connectivity index (χ1v) is 5.27. The molecule has 1 amide bonds. The van der Waals surface area contributed by atoms with E-state index < -0.39 is 11.6 Å². The lowest BCUT2D eigenvalue weighted by Crippen LogP contribution is -2.41. The summed E-state index contributed by atoms with van der Waals surface area (Å²) in [5, 5.41) is 20.7. The molecule has 0 saturated heterocycles. The van der Waals surface area contributed by atoms with Crippen LogP contribution in [0.15, 0.2) is 24.3 Å². The zero-order chi connectivity index (χ0) is 13.8. The van der Waals surface area contributed by atoms with Gasteiger partial charge in [-0.3, -0.25) is 4.79 Å². The van der Waals surface area contributed by atoms with Crippen molar-refractivity contribution in [3.05, 3.63) is 24.3 Å². The van der Waals surface area contributed by atoms with Gasteiger partial charge in [0.1, 0.15) is 12.4 Å². The molecule has 0 radical (unpaired) electrons. The first-order valence-electron chi connectivity index (χ1n) is 5.27. The van der Waals surface area contributed by atoms with E-state index in [1.807, 2.05) is 0 Å². The Labute approximate surface area is 104 Å². The molecule has 0 bridgehead atoms. The molecule has 1 rings (SSSR count). The zero-order valence-corrected chi connectivity index (χ0v) is 10.1. The third-order valence-corrected chi connectivity index (χ3v) is 2.16. The van der Waals surface area contributed by atoms with Crippen molar-refractivity contribution in [1.82, 2.24) is 0 Å². The molecule has 0 heterocycles. The Bertz CT molecular complexity index is 438. The third kappa shape index (κ3) is 4.06. The molecule has 0 fully saturated rings. The van der Waals surface area contributed by atoms with E-state index in [2.05, 4.69) is 5.32 Å². The Balaban J connectivity index is 2.59. The van der Waals surface area contributed by atoms with E-state index in [1.165, 1.54) is 6.92 Å². The monoisotopic (exact) mass is 253 g/mol. The predicted molar refractivity (Wildman–Crippen MR) is 64.5 cm³/mol. The topological polar surface area (TPSA) is 95.9 Å². The summed E-state index contributed by atoms with van der Waals surface area (Å²) in [6, 6.07) is 6.38. The number of carbonyl (C=O) groups excluding carboxylic acids is 1. The average Bonchev–Trinajstić information content (AvgIpc) is 2.27. The second kappa shape index (κ2) is 5.50. The van der Waals surface area contributed by atoms with Crippen molar-refractivity contribution in [2.24, 2.45) is 0 Å². The van der Waals surface area contributed by atoms with E-state index in [1.54, 1.807) is 24.3 Å². The molecule has 1 unspecified atom stereocenters. The van der Waals surface area contributed by atoms with Gasteiger partial charge in [-0.1, -0.05) is 0 Å². The fourth-order valence-electron chi connectivity index (χ4n) is 1.12. The van der Waals surface area contributed by atoms with Crippen LogP contribution in [0.5, 0.6) is 5.75 Å². The van der Waals surface area contributed by atoms with E-state index in [0.29, 0.717) is 11.4 Å². The molecule has 0 saturated carbocycles. The molecular formula is C12H15NO5. The molecule has 98 valence electrons. The Morgan fingerprint density at radius 3 is 2.33 bits per heavy atom. The van der Waals surface area contributed by atoms with Gasteiger partial charge < -0.3 is 20.3 Å². The first kappa shape index (κ1) is 14.0. The summed E-state index contributed by atoms with van der Waals surface area (Å²) in [6.07, 6.45) is 0. The van der Waals surface area contributed by atoms with Crippen molar-refractivity contribution in [2.75, 3.05) is 11.9 Å². The predicted octanol–water partition coefficient (Wildman–Crippen LogP) is 0.859. The minimum absolute atomic E-state index is 0.183. The number of rotatable bonds is 5. The number of benzene rings is 1. The standard InChI is InChI=1S/C12H15NO5/c1-8(14)13-9-3-5-10(6-4-9)18-7-12(2,17)11(15)16/h3-6,17H,7H2,1-2H3,(H,13,14)(H,15,16). The van der Waals surface area contributed by atoms with Gasteiger partial charge in [0.2, 0.25) is 5.91 Å². The third-order valence-electron chi connectivity index (χ3n) is 2.16. The van der Waals surface area contributed by atoms with Crippen LogP contribution >= 0.6 is 0 Å². The fraction of sp³-hybridized carbons (Fsp3) is 0.333. The number of carbonyl (C=O) groups is 2. The van der Waals surface area contributed by atoms with Gasteiger partial charge in [-0.15, -0.1) is 0 Å². The second-order valence-electron chi connectivity index (χ2n) is 4.07. The number of hydrogen-bond donors (Lipinski definition) is 3. The maximum absolute atomic E-state index is 10.8. The first-order chi connectivity index (χ1) is 8.31. The van der Waals surface area contributed by atoms with Crippen molar-refractivity contribution in [2.45, 2.75) is 19.4 Å². The van der Waals surface area contributed by atoms with Crippen molar-refractivity contribution in [3.8, 4) is 5.75 Å². The lowest BCUT2D eigenvalue weighted by molar-refractivity contribution is -0.159. The molecule has 0 aliphatic heterocycles. The molecule has 6 nitrogen and oxygen atoms in total. The van der Waals surface area contributed by atoms with Gasteiger partial charge in [-0.25, -0.2) is 4.79 Å². The summed E-state index contributed by atoms with van der Waals surface area (Å²) in [7, 11) is 0. The van der Waals surface area contributed by atoms with Crippen molar-refractivity contribution >= 4 is 17.6 Å². The molecule has 3 N–H and O–H groups in total. The molecular weight excluding hydrogens is 238 g/mol. The molecule has 1 aromatic carbocycles. The van der Waals surface area contributed by atoms with Crippen LogP contribution in [0.2, 0.25) is 0 Å². The molecule has 0 aliphatic rings. The zero-order valence-electron chi connectivity index (χ0n) is 10.1. The number of anilines is 1. The quantitative estimate of drug-likeness (QED) is 0.723. The summed E-state index contributed by atoms with van der Waals surface area (Å²) in [5.74, 6) is -1.12. The maximum atomic E-state index is 10.8. The van der Waals surface area contributed by atoms with Gasteiger partial charge in [-0.2, -0.15) is 0 Å². The van der Waals surface area contributed by atoms with Crippen molar-refractivity contribution < 1.29 is 24.5 Å². The minimum atomic E-state index is -1.93.